The van der Waals surface area contributed by atoms with E-state index in [9.17, 15) is 10.2 Å². The van der Waals surface area contributed by atoms with E-state index in [-0.39, 0.29) is 13.2 Å². The minimum atomic E-state index is -1.22. The second-order valence-corrected chi connectivity index (χ2v) is 7.52. The number of hydrogen-bond acceptors (Lipinski definition) is 6. The van der Waals surface area contributed by atoms with E-state index in [0.717, 1.165) is 0 Å². The van der Waals surface area contributed by atoms with Gasteiger partial charge in [-0.15, -0.1) is 0 Å². The molecular weight excluding hydrogens is 407 g/mol. The van der Waals surface area contributed by atoms with Crippen molar-refractivity contribution in [3.8, 4) is 0 Å². The van der Waals surface area contributed by atoms with E-state index in [1.54, 1.807) is 36.4 Å². The number of ether oxygens (including phenoxy) is 4. The molecule has 2 aromatic rings. The Morgan fingerprint density at radius 3 is 1.89 bits per heavy atom. The van der Waals surface area contributed by atoms with Gasteiger partial charge < -0.3 is 29.2 Å². The average molecular weight is 427 g/mol. The smallest absolute Gasteiger partial charge is 0.185 e. The lowest BCUT2D eigenvalue weighted by atomic mass is 10.0. The number of aliphatic hydroxyl groups excluding tert-OH is 2. The molecule has 8 heteroatoms. The molecule has 0 spiro atoms. The van der Waals surface area contributed by atoms with Gasteiger partial charge in [-0.1, -0.05) is 59.6 Å². The number of halogens is 2. The minimum Gasteiger partial charge on any atom is -0.388 e. The van der Waals surface area contributed by atoms with E-state index in [1.807, 2.05) is 12.1 Å². The Bertz CT molecular complexity index is 819. The van der Waals surface area contributed by atoms with Gasteiger partial charge in [0.2, 0.25) is 0 Å². The van der Waals surface area contributed by atoms with Crippen LogP contribution in [0.4, 0.5) is 0 Å². The van der Waals surface area contributed by atoms with E-state index < -0.39 is 37.0 Å². The van der Waals surface area contributed by atoms with Crippen molar-refractivity contribution >= 4 is 23.2 Å². The second kappa shape index (κ2) is 8.65. The first kappa shape index (κ1) is 20.1. The molecule has 0 saturated carbocycles. The average Bonchev–Trinajstić information content (AvgIpc) is 2.70. The maximum Gasteiger partial charge on any atom is 0.185 e. The molecule has 6 nitrogen and oxygen atoms in total. The van der Waals surface area contributed by atoms with Gasteiger partial charge in [0, 0.05) is 21.2 Å². The monoisotopic (exact) mass is 426 g/mol. The first-order valence-electron chi connectivity index (χ1n) is 8.93. The molecule has 0 aliphatic carbocycles. The van der Waals surface area contributed by atoms with E-state index in [4.69, 9.17) is 42.1 Å². The summed E-state index contributed by atoms with van der Waals surface area (Å²) in [5.41, 5.74) is 1.27. The van der Waals surface area contributed by atoms with Crippen molar-refractivity contribution in [2.24, 2.45) is 0 Å². The third kappa shape index (κ3) is 4.06. The van der Waals surface area contributed by atoms with Crippen LogP contribution in [0.25, 0.3) is 0 Å². The lowest BCUT2D eigenvalue weighted by Crippen LogP contribution is -2.55. The van der Waals surface area contributed by atoms with Crippen LogP contribution in [0.3, 0.4) is 0 Å². The van der Waals surface area contributed by atoms with Gasteiger partial charge in [-0.2, -0.15) is 0 Å². The number of hydrogen-bond donors (Lipinski definition) is 2. The quantitative estimate of drug-likeness (QED) is 0.767. The largest absolute Gasteiger partial charge is 0.388 e. The number of benzene rings is 2. The summed E-state index contributed by atoms with van der Waals surface area (Å²) in [6.45, 7) is -0.0180. The fourth-order valence-corrected chi connectivity index (χ4v) is 3.77. The molecule has 0 radical (unpaired) electrons. The molecular formula is C20H20Cl2O6. The molecule has 2 aliphatic rings. The second-order valence-electron chi connectivity index (χ2n) is 6.71. The van der Waals surface area contributed by atoms with E-state index in [1.165, 1.54) is 0 Å². The summed E-state index contributed by atoms with van der Waals surface area (Å²) in [7, 11) is 0. The van der Waals surface area contributed by atoms with E-state index >= 15 is 0 Å². The summed E-state index contributed by atoms with van der Waals surface area (Å²) in [4.78, 5) is 0. The van der Waals surface area contributed by atoms with Crippen LogP contribution < -0.4 is 0 Å². The summed E-state index contributed by atoms with van der Waals surface area (Å²) in [6.07, 6.45) is -5.49. The summed E-state index contributed by atoms with van der Waals surface area (Å²) in [5.74, 6) is 0. The van der Waals surface area contributed by atoms with Crippen molar-refractivity contribution < 1.29 is 29.2 Å². The lowest BCUT2D eigenvalue weighted by molar-refractivity contribution is -0.332. The van der Waals surface area contributed by atoms with Crippen LogP contribution in [0.1, 0.15) is 23.7 Å². The van der Waals surface area contributed by atoms with Gasteiger partial charge in [-0.25, -0.2) is 0 Å². The Balaban J connectivity index is 1.58. The van der Waals surface area contributed by atoms with Crippen molar-refractivity contribution in [2.75, 3.05) is 13.2 Å². The lowest BCUT2D eigenvalue weighted by Gasteiger charge is -2.43. The van der Waals surface area contributed by atoms with Crippen molar-refractivity contribution in [3.63, 3.8) is 0 Å². The fraction of sp³-hybridized carbons (Fsp3) is 0.400. The van der Waals surface area contributed by atoms with Gasteiger partial charge in [0.1, 0.15) is 24.4 Å². The number of rotatable bonds is 2. The molecule has 150 valence electrons. The molecule has 2 fully saturated rings. The molecule has 2 aromatic carbocycles. The Labute approximate surface area is 172 Å². The van der Waals surface area contributed by atoms with E-state index in [2.05, 4.69) is 0 Å². The third-order valence-corrected chi connectivity index (χ3v) is 5.51. The SMILES string of the molecule is O[C@@H]1[C@H]2OC(c3ccccc3Cl)OC[C@@H]2OC(c2ccccc2Cl)OC[C@H]1O. The molecule has 2 aliphatic heterocycles. The molecule has 2 saturated heterocycles. The standard InChI is InChI=1S/C20H20Cl2O6/c21-13-7-3-1-5-11(13)19-25-9-15(23)17(24)18-16(27-19)10-26-20(28-18)12-6-2-4-8-14(12)22/h1-8,15-20,23-24H,9-10H2/t15-,16+,17+,18+,19?,20?/m1/s1. The highest BCUT2D eigenvalue weighted by atomic mass is 35.5. The maximum atomic E-state index is 10.6. The zero-order valence-electron chi connectivity index (χ0n) is 14.8. The number of aliphatic hydroxyl groups is 2. The summed E-state index contributed by atoms with van der Waals surface area (Å²) >= 11 is 12.5. The molecule has 4 rings (SSSR count). The summed E-state index contributed by atoms with van der Waals surface area (Å²) in [5, 5.41) is 21.9. The highest BCUT2D eigenvalue weighted by Gasteiger charge is 2.44. The first-order chi connectivity index (χ1) is 13.5. The van der Waals surface area contributed by atoms with E-state index in [0.29, 0.717) is 21.2 Å². The van der Waals surface area contributed by atoms with Crippen LogP contribution in [-0.2, 0) is 18.9 Å². The Kier molecular flexibility index (Phi) is 6.20. The van der Waals surface area contributed by atoms with Crippen LogP contribution in [0.2, 0.25) is 10.0 Å². The summed E-state index contributed by atoms with van der Waals surface area (Å²) < 4.78 is 23.5. The highest BCUT2D eigenvalue weighted by molar-refractivity contribution is 6.31. The minimum absolute atomic E-state index is 0.120. The van der Waals surface area contributed by atoms with Gasteiger partial charge in [0.05, 0.1) is 13.2 Å². The van der Waals surface area contributed by atoms with Crippen LogP contribution >= 0.6 is 23.2 Å². The molecule has 0 amide bonds. The molecule has 2 unspecified atom stereocenters. The normalized spacial score (nSPS) is 33.6. The Hall–Kier alpha value is -1.22. The van der Waals surface area contributed by atoms with Gasteiger partial charge in [0.15, 0.2) is 12.6 Å². The van der Waals surface area contributed by atoms with Crippen molar-refractivity contribution in [1.82, 2.24) is 0 Å². The van der Waals surface area contributed by atoms with Crippen LogP contribution in [0, 0.1) is 0 Å². The summed E-state index contributed by atoms with van der Waals surface area (Å²) in [6, 6.07) is 14.3. The third-order valence-electron chi connectivity index (χ3n) is 4.82. The highest BCUT2D eigenvalue weighted by Crippen LogP contribution is 2.37. The zero-order chi connectivity index (χ0) is 19.7. The molecule has 0 aromatic heterocycles. The van der Waals surface area contributed by atoms with Crippen molar-refractivity contribution in [2.45, 2.75) is 37.0 Å². The molecule has 2 N–H and O–H groups in total. The predicted molar refractivity (Wildman–Crippen MR) is 102 cm³/mol. The topological polar surface area (TPSA) is 77.4 Å². The van der Waals surface area contributed by atoms with Gasteiger partial charge in [-0.05, 0) is 12.1 Å². The molecule has 6 atom stereocenters. The first-order valence-corrected chi connectivity index (χ1v) is 9.69. The molecule has 2 heterocycles. The number of fused-ring (bicyclic) bond motifs is 1. The Morgan fingerprint density at radius 1 is 0.750 bits per heavy atom. The van der Waals surface area contributed by atoms with Crippen molar-refractivity contribution in [3.05, 3.63) is 69.7 Å². The predicted octanol–water partition coefficient (Wildman–Crippen LogP) is 3.24. The zero-order valence-corrected chi connectivity index (χ0v) is 16.3. The fourth-order valence-electron chi connectivity index (χ4n) is 3.32. The molecule has 0 bridgehead atoms. The van der Waals surface area contributed by atoms with Gasteiger partial charge in [0.25, 0.3) is 0 Å². The van der Waals surface area contributed by atoms with Crippen molar-refractivity contribution in [1.29, 1.82) is 0 Å². The Morgan fingerprint density at radius 2 is 1.29 bits per heavy atom. The van der Waals surface area contributed by atoms with Crippen LogP contribution in [0.15, 0.2) is 48.5 Å². The van der Waals surface area contributed by atoms with Crippen LogP contribution in [0.5, 0.6) is 0 Å². The molecule has 28 heavy (non-hydrogen) atoms. The van der Waals surface area contributed by atoms with Gasteiger partial charge >= 0.3 is 0 Å². The maximum absolute atomic E-state index is 10.6. The van der Waals surface area contributed by atoms with Gasteiger partial charge in [-0.3, -0.25) is 0 Å². The van der Waals surface area contributed by atoms with Crippen LogP contribution in [-0.4, -0.2) is 47.8 Å².